The van der Waals surface area contributed by atoms with E-state index in [0.717, 1.165) is 24.5 Å². The van der Waals surface area contributed by atoms with Crippen LogP contribution in [0.1, 0.15) is 19.4 Å². The average molecular weight is 349 g/mol. The molecule has 2 atom stereocenters. The molecule has 0 radical (unpaired) electrons. The normalized spacial score (nSPS) is 20.5. The molecule has 0 bridgehead atoms. The van der Waals surface area contributed by atoms with Crippen LogP contribution in [0.3, 0.4) is 0 Å². The average Bonchev–Trinajstić information content (AvgIpc) is 2.96. The molecule has 1 saturated heterocycles. The molecule has 0 spiro atoms. The maximum Gasteiger partial charge on any atom is 0.0726 e. The van der Waals surface area contributed by atoms with E-state index >= 15 is 0 Å². The predicted octanol–water partition coefficient (Wildman–Crippen LogP) is 4.84. The molecule has 26 heavy (non-hydrogen) atoms. The monoisotopic (exact) mass is 349 g/mol. The lowest BCUT2D eigenvalue weighted by Gasteiger charge is -2.37. The fourth-order valence-corrected chi connectivity index (χ4v) is 3.89. The molecule has 4 rings (SSSR count). The van der Waals surface area contributed by atoms with E-state index in [4.69, 9.17) is 4.74 Å². The Hall–Kier alpha value is -2.46. The highest BCUT2D eigenvalue weighted by Crippen LogP contribution is 2.29. The lowest BCUT2D eigenvalue weighted by atomic mass is 10.1. The van der Waals surface area contributed by atoms with Gasteiger partial charge < -0.3 is 19.5 Å². The number of nitrogens with one attached hydrogen (secondary N) is 1. The number of fused-ring (bicyclic) bond motifs is 1. The van der Waals surface area contributed by atoms with Gasteiger partial charge in [0.15, 0.2) is 0 Å². The van der Waals surface area contributed by atoms with Crippen molar-refractivity contribution < 1.29 is 4.74 Å². The molecule has 1 aliphatic heterocycles. The van der Waals surface area contributed by atoms with Crippen molar-refractivity contribution in [3.8, 4) is 0 Å². The highest BCUT2D eigenvalue weighted by molar-refractivity contribution is 5.85. The van der Waals surface area contributed by atoms with Crippen molar-refractivity contribution in [3.05, 3.63) is 54.2 Å². The number of aromatic nitrogens is 1. The van der Waals surface area contributed by atoms with Crippen LogP contribution in [0.4, 0.5) is 17.1 Å². The van der Waals surface area contributed by atoms with Gasteiger partial charge in [0.25, 0.3) is 0 Å². The molecule has 3 aromatic rings. The fourth-order valence-electron chi connectivity index (χ4n) is 3.89. The third kappa shape index (κ3) is 3.29. The Morgan fingerprint density at radius 3 is 2.50 bits per heavy atom. The molecule has 1 aromatic heterocycles. The standard InChI is InChI=1S/C22H27N3O/c1-15-11-20(25-13-16(2)26-17(3)14-25)6-7-21(15)23-19-5-8-22-18(12-19)9-10-24(22)4/h5-12,16-17,23H,13-14H2,1-4H3. The van der Waals surface area contributed by atoms with Crippen molar-refractivity contribution in [1.82, 2.24) is 4.57 Å². The lowest BCUT2D eigenvalue weighted by molar-refractivity contribution is -0.00521. The number of benzene rings is 2. The lowest BCUT2D eigenvalue weighted by Crippen LogP contribution is -2.45. The molecule has 0 aliphatic carbocycles. The SMILES string of the molecule is Cc1cc(N2CC(C)OC(C)C2)ccc1Nc1ccc2c(ccn2C)c1. The molecule has 1 aliphatic rings. The maximum absolute atomic E-state index is 5.85. The second-order valence-electron chi connectivity index (χ2n) is 7.49. The molecule has 4 heteroatoms. The van der Waals surface area contributed by atoms with E-state index < -0.39 is 0 Å². The van der Waals surface area contributed by atoms with Gasteiger partial charge in [-0.2, -0.15) is 0 Å². The summed E-state index contributed by atoms with van der Waals surface area (Å²) in [4.78, 5) is 2.42. The largest absolute Gasteiger partial charge is 0.372 e. The maximum atomic E-state index is 5.85. The summed E-state index contributed by atoms with van der Waals surface area (Å²) in [6.45, 7) is 8.35. The van der Waals surface area contributed by atoms with Crippen LogP contribution in [0.25, 0.3) is 10.9 Å². The minimum Gasteiger partial charge on any atom is -0.372 e. The third-order valence-electron chi connectivity index (χ3n) is 5.16. The Labute approximate surface area is 155 Å². The van der Waals surface area contributed by atoms with Crippen LogP contribution in [-0.4, -0.2) is 29.9 Å². The molecule has 0 amide bonds. The van der Waals surface area contributed by atoms with E-state index in [2.05, 4.69) is 91.3 Å². The molecule has 136 valence electrons. The first kappa shape index (κ1) is 17.0. The number of aryl methyl sites for hydroxylation is 2. The van der Waals surface area contributed by atoms with E-state index in [1.54, 1.807) is 0 Å². The van der Waals surface area contributed by atoms with Crippen LogP contribution in [0.2, 0.25) is 0 Å². The van der Waals surface area contributed by atoms with Crippen molar-refractivity contribution in [2.75, 3.05) is 23.3 Å². The van der Waals surface area contributed by atoms with Gasteiger partial charge in [-0.15, -0.1) is 0 Å². The summed E-state index contributed by atoms with van der Waals surface area (Å²) in [7, 11) is 2.08. The smallest absolute Gasteiger partial charge is 0.0726 e. The number of morpholine rings is 1. The van der Waals surface area contributed by atoms with Crippen molar-refractivity contribution in [2.24, 2.45) is 7.05 Å². The third-order valence-corrected chi connectivity index (χ3v) is 5.16. The molecule has 0 saturated carbocycles. The van der Waals surface area contributed by atoms with Crippen molar-refractivity contribution in [2.45, 2.75) is 33.0 Å². The highest BCUT2D eigenvalue weighted by Gasteiger charge is 2.22. The van der Waals surface area contributed by atoms with Crippen LogP contribution in [0.5, 0.6) is 0 Å². The first-order valence-corrected chi connectivity index (χ1v) is 9.33. The van der Waals surface area contributed by atoms with E-state index in [1.807, 2.05) is 0 Å². The molecule has 2 unspecified atom stereocenters. The quantitative estimate of drug-likeness (QED) is 0.733. The van der Waals surface area contributed by atoms with Gasteiger partial charge in [0.2, 0.25) is 0 Å². The molecule has 4 nitrogen and oxygen atoms in total. The summed E-state index contributed by atoms with van der Waals surface area (Å²) in [5.74, 6) is 0. The zero-order valence-corrected chi connectivity index (χ0v) is 16.0. The Morgan fingerprint density at radius 2 is 1.77 bits per heavy atom. The molecule has 2 heterocycles. The zero-order valence-electron chi connectivity index (χ0n) is 16.0. The van der Waals surface area contributed by atoms with Crippen LogP contribution >= 0.6 is 0 Å². The Balaban J connectivity index is 1.55. The molecular weight excluding hydrogens is 322 g/mol. The van der Waals surface area contributed by atoms with E-state index in [1.165, 1.54) is 22.2 Å². The Kier molecular flexibility index (Phi) is 4.37. The van der Waals surface area contributed by atoms with E-state index in [0.29, 0.717) is 0 Å². The van der Waals surface area contributed by atoms with E-state index in [-0.39, 0.29) is 12.2 Å². The fraction of sp³-hybridized carbons (Fsp3) is 0.364. The Bertz CT molecular complexity index is 920. The van der Waals surface area contributed by atoms with Gasteiger partial charge in [0.05, 0.1) is 12.2 Å². The van der Waals surface area contributed by atoms with Crippen molar-refractivity contribution in [1.29, 1.82) is 0 Å². The number of ether oxygens (including phenoxy) is 1. The number of anilines is 3. The summed E-state index contributed by atoms with van der Waals surface area (Å²) in [5, 5.41) is 4.82. The molecule has 1 N–H and O–H groups in total. The van der Waals surface area contributed by atoms with Gasteiger partial charge in [-0.1, -0.05) is 0 Å². The van der Waals surface area contributed by atoms with Gasteiger partial charge in [-0.25, -0.2) is 0 Å². The molecular formula is C22H27N3O. The van der Waals surface area contributed by atoms with Crippen LogP contribution < -0.4 is 10.2 Å². The van der Waals surface area contributed by atoms with Gasteiger partial charge in [-0.3, -0.25) is 0 Å². The van der Waals surface area contributed by atoms with Gasteiger partial charge in [0.1, 0.15) is 0 Å². The van der Waals surface area contributed by atoms with Crippen LogP contribution in [0.15, 0.2) is 48.7 Å². The molecule has 2 aromatic carbocycles. The number of hydrogen-bond acceptors (Lipinski definition) is 3. The van der Waals surface area contributed by atoms with E-state index in [9.17, 15) is 0 Å². The number of rotatable bonds is 3. The first-order valence-electron chi connectivity index (χ1n) is 9.33. The summed E-state index contributed by atoms with van der Waals surface area (Å²) < 4.78 is 7.99. The second-order valence-corrected chi connectivity index (χ2v) is 7.49. The minimum absolute atomic E-state index is 0.273. The Morgan fingerprint density at radius 1 is 1.00 bits per heavy atom. The first-order chi connectivity index (χ1) is 12.5. The predicted molar refractivity (Wildman–Crippen MR) is 110 cm³/mol. The van der Waals surface area contributed by atoms with Gasteiger partial charge in [0, 0.05) is 54.3 Å². The topological polar surface area (TPSA) is 29.4 Å². The van der Waals surface area contributed by atoms with Gasteiger partial charge in [-0.05, 0) is 68.8 Å². The molecule has 1 fully saturated rings. The number of nitrogens with zero attached hydrogens (tertiary/aromatic N) is 2. The summed E-state index contributed by atoms with van der Waals surface area (Å²) in [6.07, 6.45) is 2.64. The van der Waals surface area contributed by atoms with Crippen LogP contribution in [-0.2, 0) is 11.8 Å². The van der Waals surface area contributed by atoms with Crippen molar-refractivity contribution in [3.63, 3.8) is 0 Å². The van der Waals surface area contributed by atoms with Gasteiger partial charge >= 0.3 is 0 Å². The summed E-state index contributed by atoms with van der Waals surface area (Å²) in [5.41, 5.74) is 6.04. The summed E-state index contributed by atoms with van der Waals surface area (Å²) >= 11 is 0. The zero-order chi connectivity index (χ0) is 18.3. The number of hydrogen-bond donors (Lipinski definition) is 1. The minimum atomic E-state index is 0.273. The van der Waals surface area contributed by atoms with Crippen LogP contribution in [0, 0.1) is 6.92 Å². The highest BCUT2D eigenvalue weighted by atomic mass is 16.5. The second kappa shape index (κ2) is 6.69. The summed E-state index contributed by atoms with van der Waals surface area (Å²) in [6, 6.07) is 15.3. The van der Waals surface area contributed by atoms with Crippen molar-refractivity contribution >= 4 is 28.0 Å².